The van der Waals surface area contributed by atoms with Gasteiger partial charge in [0.15, 0.2) is 0 Å². The zero-order valence-electron chi connectivity index (χ0n) is 5.28. The second kappa shape index (κ2) is 1.97. The molecule has 0 unspecified atom stereocenters. The van der Waals surface area contributed by atoms with Gasteiger partial charge in [-0.05, 0) is 6.92 Å². The van der Waals surface area contributed by atoms with Crippen LogP contribution in [0, 0.1) is 0 Å². The summed E-state index contributed by atoms with van der Waals surface area (Å²) in [4.78, 5) is 0. The molecule has 2 atom stereocenters. The first-order valence-corrected chi connectivity index (χ1v) is 2.89. The molecule has 0 saturated carbocycles. The minimum atomic E-state index is -1.07. The molecule has 2 nitrogen and oxygen atoms in total. The first-order chi connectivity index (χ1) is 4.13. The molecule has 50 valence electrons. The summed E-state index contributed by atoms with van der Waals surface area (Å²) < 4.78 is 0. The van der Waals surface area contributed by atoms with Gasteiger partial charge in [0, 0.05) is 0 Å². The van der Waals surface area contributed by atoms with Crippen LogP contribution in [0.2, 0.25) is 0 Å². The maximum absolute atomic E-state index is 9.25. The standard InChI is InChI=1S/C7H10O2/c1-7(9)5-3-2-4-6(7)8/h2-6,8-9H,1H3/t6-,7-/m1/s1. The summed E-state index contributed by atoms with van der Waals surface area (Å²) in [6, 6.07) is 0. The number of rotatable bonds is 0. The lowest BCUT2D eigenvalue weighted by atomic mass is 9.95. The molecule has 9 heavy (non-hydrogen) atoms. The summed E-state index contributed by atoms with van der Waals surface area (Å²) >= 11 is 0. The third kappa shape index (κ3) is 1.20. The molecule has 1 aliphatic carbocycles. The lowest BCUT2D eigenvalue weighted by Gasteiger charge is -2.24. The van der Waals surface area contributed by atoms with Crippen molar-refractivity contribution in [2.24, 2.45) is 0 Å². The van der Waals surface area contributed by atoms with Crippen LogP contribution in [0.3, 0.4) is 0 Å². The van der Waals surface area contributed by atoms with Crippen molar-refractivity contribution in [3.05, 3.63) is 24.3 Å². The van der Waals surface area contributed by atoms with Crippen LogP contribution in [-0.2, 0) is 0 Å². The van der Waals surface area contributed by atoms with E-state index in [1.54, 1.807) is 31.2 Å². The van der Waals surface area contributed by atoms with Gasteiger partial charge >= 0.3 is 0 Å². The van der Waals surface area contributed by atoms with Gasteiger partial charge in [0.25, 0.3) is 0 Å². The van der Waals surface area contributed by atoms with Crippen LogP contribution in [0.15, 0.2) is 24.3 Å². The van der Waals surface area contributed by atoms with Crippen LogP contribution >= 0.6 is 0 Å². The highest BCUT2D eigenvalue weighted by Crippen LogP contribution is 2.16. The summed E-state index contributed by atoms with van der Waals surface area (Å²) in [6.45, 7) is 1.57. The molecule has 2 N–H and O–H groups in total. The van der Waals surface area contributed by atoms with E-state index in [1.165, 1.54) is 0 Å². The number of hydrogen-bond acceptors (Lipinski definition) is 2. The van der Waals surface area contributed by atoms with E-state index in [-0.39, 0.29) is 0 Å². The molecule has 0 aliphatic heterocycles. The fourth-order valence-corrected chi connectivity index (χ4v) is 0.713. The van der Waals surface area contributed by atoms with Crippen LogP contribution in [0.4, 0.5) is 0 Å². The van der Waals surface area contributed by atoms with Gasteiger partial charge in [-0.15, -0.1) is 0 Å². The van der Waals surface area contributed by atoms with E-state index < -0.39 is 11.7 Å². The molecule has 0 saturated heterocycles. The molecular weight excluding hydrogens is 116 g/mol. The predicted molar refractivity (Wildman–Crippen MR) is 34.9 cm³/mol. The van der Waals surface area contributed by atoms with Gasteiger partial charge in [0.2, 0.25) is 0 Å². The molecule has 0 bridgehead atoms. The zero-order valence-corrected chi connectivity index (χ0v) is 5.28. The zero-order chi connectivity index (χ0) is 6.91. The molecule has 0 amide bonds. The Morgan fingerprint density at radius 3 is 2.44 bits per heavy atom. The van der Waals surface area contributed by atoms with Gasteiger partial charge in [0.05, 0.1) is 0 Å². The Hall–Kier alpha value is -0.600. The Kier molecular flexibility index (Phi) is 1.43. The van der Waals surface area contributed by atoms with E-state index in [1.807, 2.05) is 0 Å². The van der Waals surface area contributed by atoms with E-state index in [4.69, 9.17) is 5.11 Å². The quantitative estimate of drug-likeness (QED) is 0.487. The molecule has 1 aliphatic rings. The first kappa shape index (κ1) is 6.52. The topological polar surface area (TPSA) is 40.5 Å². The van der Waals surface area contributed by atoms with Gasteiger partial charge in [0.1, 0.15) is 11.7 Å². The minimum Gasteiger partial charge on any atom is -0.386 e. The summed E-state index contributed by atoms with van der Waals surface area (Å²) in [6.07, 6.45) is 5.79. The maximum atomic E-state index is 9.25. The van der Waals surface area contributed by atoms with Crippen LogP contribution in [0.5, 0.6) is 0 Å². The predicted octanol–water partition coefficient (Wildman–Crippen LogP) is 0.224. The van der Waals surface area contributed by atoms with E-state index in [2.05, 4.69) is 0 Å². The van der Waals surface area contributed by atoms with E-state index in [0.29, 0.717) is 0 Å². The number of hydrogen-bond donors (Lipinski definition) is 2. The molecule has 0 heterocycles. The molecule has 2 heteroatoms. The van der Waals surface area contributed by atoms with Gasteiger partial charge in [-0.25, -0.2) is 0 Å². The van der Waals surface area contributed by atoms with Crippen molar-refractivity contribution in [3.8, 4) is 0 Å². The molecule has 0 aromatic rings. The van der Waals surface area contributed by atoms with Gasteiger partial charge in [-0.3, -0.25) is 0 Å². The lowest BCUT2D eigenvalue weighted by Crippen LogP contribution is -2.36. The van der Waals surface area contributed by atoms with Crippen molar-refractivity contribution in [3.63, 3.8) is 0 Å². The van der Waals surface area contributed by atoms with Crippen molar-refractivity contribution >= 4 is 0 Å². The maximum Gasteiger partial charge on any atom is 0.110 e. The van der Waals surface area contributed by atoms with Crippen molar-refractivity contribution in [1.82, 2.24) is 0 Å². The van der Waals surface area contributed by atoms with Gasteiger partial charge in [-0.2, -0.15) is 0 Å². The molecule has 0 spiro atoms. The Bertz CT molecular complexity index is 156. The van der Waals surface area contributed by atoms with Crippen LogP contribution < -0.4 is 0 Å². The number of aliphatic hydroxyl groups excluding tert-OH is 1. The van der Waals surface area contributed by atoms with E-state index >= 15 is 0 Å². The summed E-state index contributed by atoms with van der Waals surface area (Å²) in [5.74, 6) is 0. The van der Waals surface area contributed by atoms with Crippen molar-refractivity contribution in [2.45, 2.75) is 18.6 Å². The highest BCUT2D eigenvalue weighted by atomic mass is 16.3. The van der Waals surface area contributed by atoms with Crippen LogP contribution in [0.25, 0.3) is 0 Å². The summed E-state index contributed by atoms with van der Waals surface area (Å²) in [5, 5.41) is 18.3. The third-order valence-corrected chi connectivity index (χ3v) is 1.44. The van der Waals surface area contributed by atoms with Crippen LogP contribution in [0.1, 0.15) is 6.92 Å². The van der Waals surface area contributed by atoms with Crippen LogP contribution in [-0.4, -0.2) is 21.9 Å². The second-order valence-electron chi connectivity index (χ2n) is 2.41. The minimum absolute atomic E-state index is 0.762. The highest BCUT2D eigenvalue weighted by Gasteiger charge is 2.25. The van der Waals surface area contributed by atoms with Gasteiger partial charge < -0.3 is 10.2 Å². The largest absolute Gasteiger partial charge is 0.386 e. The number of allylic oxidation sites excluding steroid dienone is 2. The average Bonchev–Trinajstić information content (AvgIpc) is 1.77. The fraction of sp³-hybridized carbons (Fsp3) is 0.429. The monoisotopic (exact) mass is 126 g/mol. The summed E-state index contributed by atoms with van der Waals surface area (Å²) in [7, 11) is 0. The highest BCUT2D eigenvalue weighted by molar-refractivity contribution is 5.20. The third-order valence-electron chi connectivity index (χ3n) is 1.44. The molecule has 0 aromatic carbocycles. The van der Waals surface area contributed by atoms with E-state index in [9.17, 15) is 5.11 Å². The second-order valence-corrected chi connectivity index (χ2v) is 2.41. The van der Waals surface area contributed by atoms with E-state index in [0.717, 1.165) is 0 Å². The molecule has 0 radical (unpaired) electrons. The van der Waals surface area contributed by atoms with Gasteiger partial charge in [-0.1, -0.05) is 24.3 Å². The Balaban J connectivity index is 2.78. The normalized spacial score (nSPS) is 41.4. The molecular formula is C7H10O2. The Labute approximate surface area is 54.1 Å². The van der Waals surface area contributed by atoms with Crippen molar-refractivity contribution < 1.29 is 10.2 Å². The average molecular weight is 126 g/mol. The smallest absolute Gasteiger partial charge is 0.110 e. The number of aliphatic hydroxyl groups is 2. The first-order valence-electron chi connectivity index (χ1n) is 2.89. The summed E-state index contributed by atoms with van der Waals surface area (Å²) in [5.41, 5.74) is -1.07. The lowest BCUT2D eigenvalue weighted by molar-refractivity contribution is -0.000772. The molecule has 0 fully saturated rings. The molecule has 1 rings (SSSR count). The SMILES string of the molecule is C[C@@]1(O)C=CC=C[C@H]1O. The Morgan fingerprint density at radius 1 is 1.44 bits per heavy atom. The Morgan fingerprint density at radius 2 is 2.11 bits per heavy atom. The fourth-order valence-electron chi connectivity index (χ4n) is 0.713. The van der Waals surface area contributed by atoms with Crippen molar-refractivity contribution in [2.75, 3.05) is 0 Å². The molecule has 0 aromatic heterocycles. The van der Waals surface area contributed by atoms with Crippen molar-refractivity contribution in [1.29, 1.82) is 0 Å².